The van der Waals surface area contributed by atoms with Crippen LogP contribution in [0.3, 0.4) is 0 Å². The van der Waals surface area contributed by atoms with Gasteiger partial charge < -0.3 is 9.84 Å². The van der Waals surface area contributed by atoms with Gasteiger partial charge in [0.2, 0.25) is 0 Å². The number of aryl methyl sites for hydroxylation is 1. The molecule has 0 bridgehead atoms. The highest BCUT2D eigenvalue weighted by atomic mass is 32.1. The lowest BCUT2D eigenvalue weighted by atomic mass is 10.1. The highest BCUT2D eigenvalue weighted by Gasteiger charge is 2.07. The Kier molecular flexibility index (Phi) is 2.44. The van der Waals surface area contributed by atoms with E-state index in [9.17, 15) is 0 Å². The second-order valence-corrected chi connectivity index (χ2v) is 4.13. The maximum Gasteiger partial charge on any atom is 0.137 e. The van der Waals surface area contributed by atoms with Crippen molar-refractivity contribution >= 4 is 21.4 Å². The van der Waals surface area contributed by atoms with Gasteiger partial charge in [-0.05, 0) is 40.9 Å². The molecular formula is C11H12O2S. The van der Waals surface area contributed by atoms with Crippen LogP contribution < -0.4 is 4.74 Å². The van der Waals surface area contributed by atoms with Crippen molar-refractivity contribution in [1.82, 2.24) is 0 Å². The van der Waals surface area contributed by atoms with Gasteiger partial charge in [-0.1, -0.05) is 0 Å². The van der Waals surface area contributed by atoms with Gasteiger partial charge in [0, 0.05) is 0 Å². The third-order valence-electron chi connectivity index (χ3n) is 2.30. The molecule has 2 nitrogen and oxygen atoms in total. The SMILES string of the molecule is COc1cc(CO)cc2c(C)csc12. The first-order chi connectivity index (χ1) is 6.76. The molecule has 2 rings (SSSR count). The van der Waals surface area contributed by atoms with Crippen LogP contribution in [0.2, 0.25) is 0 Å². The summed E-state index contributed by atoms with van der Waals surface area (Å²) in [5.74, 6) is 0.852. The summed E-state index contributed by atoms with van der Waals surface area (Å²) >= 11 is 1.68. The van der Waals surface area contributed by atoms with Crippen molar-refractivity contribution in [2.75, 3.05) is 7.11 Å². The number of methoxy groups -OCH3 is 1. The van der Waals surface area contributed by atoms with E-state index in [0.717, 1.165) is 16.0 Å². The predicted molar refractivity (Wildman–Crippen MR) is 59.0 cm³/mol. The van der Waals surface area contributed by atoms with Gasteiger partial charge in [-0.25, -0.2) is 0 Å². The topological polar surface area (TPSA) is 29.5 Å². The molecule has 0 aliphatic heterocycles. The predicted octanol–water partition coefficient (Wildman–Crippen LogP) is 2.71. The van der Waals surface area contributed by atoms with Crippen LogP contribution in [0.15, 0.2) is 17.5 Å². The number of benzene rings is 1. The van der Waals surface area contributed by atoms with Crippen LogP contribution in [-0.4, -0.2) is 12.2 Å². The normalized spacial score (nSPS) is 10.8. The minimum absolute atomic E-state index is 0.0571. The van der Waals surface area contributed by atoms with Gasteiger partial charge in [-0.2, -0.15) is 0 Å². The summed E-state index contributed by atoms with van der Waals surface area (Å²) in [6.45, 7) is 2.13. The van der Waals surface area contributed by atoms with Gasteiger partial charge in [0.1, 0.15) is 5.75 Å². The molecule has 0 aliphatic rings. The number of hydrogen-bond donors (Lipinski definition) is 1. The zero-order valence-corrected chi connectivity index (χ0v) is 9.02. The quantitative estimate of drug-likeness (QED) is 0.822. The van der Waals surface area contributed by atoms with Gasteiger partial charge in [0.15, 0.2) is 0 Å². The minimum atomic E-state index is 0.0571. The maximum atomic E-state index is 9.09. The smallest absolute Gasteiger partial charge is 0.137 e. The number of aliphatic hydroxyl groups excluding tert-OH is 1. The Bertz CT molecular complexity index is 460. The number of ether oxygens (including phenoxy) is 1. The van der Waals surface area contributed by atoms with Crippen molar-refractivity contribution in [3.05, 3.63) is 28.6 Å². The van der Waals surface area contributed by atoms with Crippen LogP contribution >= 0.6 is 11.3 Å². The molecule has 3 heteroatoms. The van der Waals surface area contributed by atoms with Crippen LogP contribution in [0, 0.1) is 6.92 Å². The van der Waals surface area contributed by atoms with E-state index in [1.54, 1.807) is 18.4 Å². The average Bonchev–Trinajstić information content (AvgIpc) is 2.59. The van der Waals surface area contributed by atoms with Gasteiger partial charge in [-0.15, -0.1) is 11.3 Å². The third kappa shape index (κ3) is 1.38. The highest BCUT2D eigenvalue weighted by molar-refractivity contribution is 7.17. The van der Waals surface area contributed by atoms with Crippen molar-refractivity contribution in [2.24, 2.45) is 0 Å². The number of thiophene rings is 1. The van der Waals surface area contributed by atoms with Crippen molar-refractivity contribution < 1.29 is 9.84 Å². The lowest BCUT2D eigenvalue weighted by Crippen LogP contribution is -1.88. The summed E-state index contributed by atoms with van der Waals surface area (Å²) in [4.78, 5) is 0. The average molecular weight is 208 g/mol. The van der Waals surface area contributed by atoms with E-state index in [4.69, 9.17) is 9.84 Å². The summed E-state index contributed by atoms with van der Waals surface area (Å²) in [5, 5.41) is 12.4. The summed E-state index contributed by atoms with van der Waals surface area (Å²) in [5.41, 5.74) is 2.13. The zero-order valence-electron chi connectivity index (χ0n) is 8.20. The Morgan fingerprint density at radius 2 is 2.21 bits per heavy atom. The van der Waals surface area contributed by atoms with Crippen LogP contribution in [0.1, 0.15) is 11.1 Å². The first kappa shape index (κ1) is 9.49. The molecule has 0 atom stereocenters. The largest absolute Gasteiger partial charge is 0.495 e. The molecular weight excluding hydrogens is 196 g/mol. The van der Waals surface area contributed by atoms with E-state index < -0.39 is 0 Å². The second kappa shape index (κ2) is 3.59. The van der Waals surface area contributed by atoms with E-state index in [2.05, 4.69) is 12.3 Å². The van der Waals surface area contributed by atoms with Gasteiger partial charge in [0.05, 0.1) is 18.4 Å². The molecule has 0 saturated heterocycles. The Morgan fingerprint density at radius 3 is 2.86 bits per heavy atom. The van der Waals surface area contributed by atoms with E-state index in [1.807, 2.05) is 12.1 Å². The fourth-order valence-corrected chi connectivity index (χ4v) is 2.55. The summed E-state index contributed by atoms with van der Waals surface area (Å²) < 4.78 is 6.44. The minimum Gasteiger partial charge on any atom is -0.495 e. The molecule has 0 saturated carbocycles. The first-order valence-electron chi connectivity index (χ1n) is 4.42. The molecule has 0 aliphatic carbocycles. The van der Waals surface area contributed by atoms with Crippen molar-refractivity contribution in [3.8, 4) is 5.75 Å². The van der Waals surface area contributed by atoms with E-state index in [1.165, 1.54) is 10.9 Å². The number of hydrogen-bond acceptors (Lipinski definition) is 3. The van der Waals surface area contributed by atoms with Gasteiger partial charge in [-0.3, -0.25) is 0 Å². The molecule has 0 radical (unpaired) electrons. The van der Waals surface area contributed by atoms with Crippen LogP contribution in [0.4, 0.5) is 0 Å². The number of fused-ring (bicyclic) bond motifs is 1. The standard InChI is InChI=1S/C11H12O2S/c1-7-6-14-11-9(7)3-8(5-12)4-10(11)13-2/h3-4,6,12H,5H2,1-2H3. The van der Waals surface area contributed by atoms with Crippen LogP contribution in [0.5, 0.6) is 5.75 Å². The fraction of sp³-hybridized carbons (Fsp3) is 0.273. The van der Waals surface area contributed by atoms with Crippen molar-refractivity contribution in [1.29, 1.82) is 0 Å². The van der Waals surface area contributed by atoms with E-state index >= 15 is 0 Å². The molecule has 74 valence electrons. The molecule has 2 aromatic rings. The fourth-order valence-electron chi connectivity index (χ4n) is 1.53. The molecule has 0 fully saturated rings. The van der Waals surface area contributed by atoms with E-state index in [-0.39, 0.29) is 6.61 Å². The zero-order chi connectivity index (χ0) is 10.1. The molecule has 0 spiro atoms. The summed E-state index contributed by atoms with van der Waals surface area (Å²) in [6.07, 6.45) is 0. The first-order valence-corrected chi connectivity index (χ1v) is 5.30. The number of rotatable bonds is 2. The number of aliphatic hydroxyl groups is 1. The Balaban J connectivity index is 2.76. The molecule has 1 aromatic heterocycles. The molecule has 14 heavy (non-hydrogen) atoms. The Hall–Kier alpha value is -1.06. The molecule has 1 heterocycles. The van der Waals surface area contributed by atoms with E-state index in [0.29, 0.717) is 0 Å². The van der Waals surface area contributed by atoms with Crippen LogP contribution in [-0.2, 0) is 6.61 Å². The molecule has 0 unspecified atom stereocenters. The Morgan fingerprint density at radius 1 is 1.43 bits per heavy atom. The van der Waals surface area contributed by atoms with Gasteiger partial charge >= 0.3 is 0 Å². The molecule has 1 N–H and O–H groups in total. The summed E-state index contributed by atoms with van der Waals surface area (Å²) in [6, 6.07) is 3.90. The van der Waals surface area contributed by atoms with Crippen LogP contribution in [0.25, 0.3) is 10.1 Å². The maximum absolute atomic E-state index is 9.09. The second-order valence-electron chi connectivity index (χ2n) is 3.25. The Labute approximate surface area is 86.8 Å². The highest BCUT2D eigenvalue weighted by Crippen LogP contribution is 2.34. The van der Waals surface area contributed by atoms with Crippen molar-refractivity contribution in [2.45, 2.75) is 13.5 Å². The van der Waals surface area contributed by atoms with Gasteiger partial charge in [0.25, 0.3) is 0 Å². The lowest BCUT2D eigenvalue weighted by Gasteiger charge is -2.04. The molecule has 0 amide bonds. The summed E-state index contributed by atoms with van der Waals surface area (Å²) in [7, 11) is 1.66. The monoisotopic (exact) mass is 208 g/mol. The lowest BCUT2D eigenvalue weighted by molar-refractivity contribution is 0.281. The molecule has 1 aromatic carbocycles. The third-order valence-corrected chi connectivity index (χ3v) is 3.42. The van der Waals surface area contributed by atoms with Crippen molar-refractivity contribution in [3.63, 3.8) is 0 Å².